The van der Waals surface area contributed by atoms with Crippen molar-refractivity contribution >= 4 is 29.1 Å². The second-order valence-corrected chi connectivity index (χ2v) is 4.91. The molecule has 0 saturated heterocycles. The van der Waals surface area contributed by atoms with E-state index < -0.39 is 16.5 Å². The van der Waals surface area contributed by atoms with E-state index in [1.165, 1.54) is 43.5 Å². The first-order chi connectivity index (χ1) is 10.9. The van der Waals surface area contributed by atoms with E-state index in [0.717, 1.165) is 12.1 Å². The zero-order valence-electron chi connectivity index (χ0n) is 12.0. The van der Waals surface area contributed by atoms with E-state index in [4.69, 9.17) is 16.3 Å². The Balaban J connectivity index is 2.28. The van der Waals surface area contributed by atoms with Crippen LogP contribution in [0.15, 0.2) is 42.5 Å². The smallest absolute Gasteiger partial charge is 0.270 e. The minimum atomic E-state index is -0.718. The third-order valence-electron chi connectivity index (χ3n) is 3.05. The third kappa shape index (κ3) is 3.92. The molecule has 0 spiro atoms. The summed E-state index contributed by atoms with van der Waals surface area (Å²) in [7, 11) is 1.39. The van der Waals surface area contributed by atoms with Crippen LogP contribution in [-0.4, -0.2) is 17.8 Å². The maximum atomic E-state index is 13.8. The highest BCUT2D eigenvalue weighted by Crippen LogP contribution is 2.24. The fourth-order valence-corrected chi connectivity index (χ4v) is 2.03. The first kappa shape index (κ1) is 16.6. The average Bonchev–Trinajstić information content (AvgIpc) is 2.53. The van der Waals surface area contributed by atoms with Gasteiger partial charge in [0.2, 0.25) is 0 Å². The second kappa shape index (κ2) is 7.02. The summed E-state index contributed by atoms with van der Waals surface area (Å²) in [5.41, 5.74) is 0.00358. The summed E-state index contributed by atoms with van der Waals surface area (Å²) in [6.45, 7) is 0. The molecule has 0 fully saturated rings. The number of carbonyl (C=O) groups is 1. The Hall–Kier alpha value is -2.73. The van der Waals surface area contributed by atoms with Gasteiger partial charge < -0.3 is 4.74 Å². The number of nitro benzene ring substituents is 1. The summed E-state index contributed by atoms with van der Waals surface area (Å²) in [4.78, 5) is 22.2. The number of non-ortho nitro benzene ring substituents is 1. The SMILES string of the molecule is COc1ccc(C(=O)/C=C/c2cc([N+](=O)[O-])ccc2Cl)c(F)c1. The number of nitrogens with zero attached hydrogens (tertiary/aromatic N) is 1. The highest BCUT2D eigenvalue weighted by Gasteiger charge is 2.11. The number of nitro groups is 1. The zero-order valence-corrected chi connectivity index (χ0v) is 12.7. The van der Waals surface area contributed by atoms with Crippen molar-refractivity contribution in [3.05, 3.63) is 74.6 Å². The molecule has 0 amide bonds. The van der Waals surface area contributed by atoms with Crippen molar-refractivity contribution in [2.75, 3.05) is 7.11 Å². The Labute approximate surface area is 136 Å². The summed E-state index contributed by atoms with van der Waals surface area (Å²) in [6, 6.07) is 7.71. The molecule has 0 atom stereocenters. The monoisotopic (exact) mass is 335 g/mol. The minimum Gasteiger partial charge on any atom is -0.497 e. The van der Waals surface area contributed by atoms with Crippen LogP contribution < -0.4 is 4.74 Å². The lowest BCUT2D eigenvalue weighted by Gasteiger charge is -2.03. The number of hydrogen-bond donors (Lipinski definition) is 0. The van der Waals surface area contributed by atoms with Gasteiger partial charge in [0, 0.05) is 23.2 Å². The van der Waals surface area contributed by atoms with Crippen LogP contribution in [0.25, 0.3) is 6.08 Å². The van der Waals surface area contributed by atoms with Crippen LogP contribution >= 0.6 is 11.6 Å². The van der Waals surface area contributed by atoms with E-state index in [-0.39, 0.29) is 16.3 Å². The predicted molar refractivity (Wildman–Crippen MR) is 84.4 cm³/mol. The van der Waals surface area contributed by atoms with Gasteiger partial charge in [0.15, 0.2) is 5.78 Å². The highest BCUT2D eigenvalue weighted by atomic mass is 35.5. The van der Waals surface area contributed by atoms with E-state index in [1.54, 1.807) is 0 Å². The molecule has 23 heavy (non-hydrogen) atoms. The van der Waals surface area contributed by atoms with Crippen LogP contribution in [0.5, 0.6) is 5.75 Å². The lowest BCUT2D eigenvalue weighted by atomic mass is 10.1. The summed E-state index contributed by atoms with van der Waals surface area (Å²) < 4.78 is 18.7. The number of halogens is 2. The number of ether oxygens (including phenoxy) is 1. The van der Waals surface area contributed by atoms with Gasteiger partial charge in [-0.05, 0) is 35.9 Å². The number of benzene rings is 2. The lowest BCUT2D eigenvalue weighted by molar-refractivity contribution is -0.384. The van der Waals surface area contributed by atoms with Crippen LogP contribution in [0.4, 0.5) is 10.1 Å². The Morgan fingerprint density at radius 3 is 2.65 bits per heavy atom. The molecule has 2 rings (SSSR count). The number of methoxy groups -OCH3 is 1. The molecule has 0 aliphatic heterocycles. The van der Waals surface area contributed by atoms with E-state index in [2.05, 4.69) is 0 Å². The van der Waals surface area contributed by atoms with Crippen molar-refractivity contribution in [2.24, 2.45) is 0 Å². The fourth-order valence-electron chi connectivity index (χ4n) is 1.85. The van der Waals surface area contributed by atoms with Gasteiger partial charge in [-0.1, -0.05) is 11.6 Å². The van der Waals surface area contributed by atoms with Crippen LogP contribution in [0, 0.1) is 15.9 Å². The molecule has 0 aliphatic carbocycles. The Morgan fingerprint density at radius 2 is 2.04 bits per heavy atom. The minimum absolute atomic E-state index is 0.136. The van der Waals surface area contributed by atoms with Crippen molar-refractivity contribution < 1.29 is 18.8 Å². The third-order valence-corrected chi connectivity index (χ3v) is 3.39. The number of carbonyl (C=O) groups excluding carboxylic acids is 1. The Bertz CT molecular complexity index is 805. The fraction of sp³-hybridized carbons (Fsp3) is 0.0625. The number of ketones is 1. The van der Waals surface area contributed by atoms with Gasteiger partial charge in [0.25, 0.3) is 5.69 Å². The topological polar surface area (TPSA) is 69.4 Å². The molecular weight excluding hydrogens is 325 g/mol. The molecule has 0 bridgehead atoms. The quantitative estimate of drug-likeness (QED) is 0.354. The summed E-state index contributed by atoms with van der Waals surface area (Å²) in [6.07, 6.45) is 2.41. The molecular formula is C16H11ClFNO4. The largest absolute Gasteiger partial charge is 0.497 e. The van der Waals surface area contributed by atoms with Crippen molar-refractivity contribution in [3.63, 3.8) is 0 Å². The Morgan fingerprint density at radius 1 is 1.30 bits per heavy atom. The predicted octanol–water partition coefficient (Wildman–Crippen LogP) is 4.29. The molecule has 0 unspecified atom stereocenters. The van der Waals surface area contributed by atoms with Gasteiger partial charge >= 0.3 is 0 Å². The van der Waals surface area contributed by atoms with Gasteiger partial charge in [-0.25, -0.2) is 4.39 Å². The molecule has 7 heteroatoms. The Kier molecular flexibility index (Phi) is 5.08. The first-order valence-corrected chi connectivity index (χ1v) is 6.80. The molecule has 2 aromatic carbocycles. The molecule has 0 radical (unpaired) electrons. The van der Waals surface area contributed by atoms with E-state index in [1.807, 2.05) is 0 Å². The summed E-state index contributed by atoms with van der Waals surface area (Å²) in [5.74, 6) is -1.01. The van der Waals surface area contributed by atoms with E-state index >= 15 is 0 Å². The van der Waals surface area contributed by atoms with Crippen LogP contribution in [0.3, 0.4) is 0 Å². The normalized spacial score (nSPS) is 10.7. The van der Waals surface area contributed by atoms with Crippen molar-refractivity contribution in [1.29, 1.82) is 0 Å². The highest BCUT2D eigenvalue weighted by molar-refractivity contribution is 6.32. The molecule has 0 N–H and O–H groups in total. The van der Waals surface area contributed by atoms with Gasteiger partial charge in [-0.2, -0.15) is 0 Å². The van der Waals surface area contributed by atoms with Gasteiger partial charge in [0.05, 0.1) is 17.6 Å². The van der Waals surface area contributed by atoms with Crippen LogP contribution in [-0.2, 0) is 0 Å². The summed E-state index contributed by atoms with van der Waals surface area (Å²) >= 11 is 5.93. The molecule has 0 heterocycles. The molecule has 0 aliphatic rings. The maximum Gasteiger partial charge on any atom is 0.270 e. The van der Waals surface area contributed by atoms with Gasteiger partial charge in [-0.15, -0.1) is 0 Å². The van der Waals surface area contributed by atoms with E-state index in [9.17, 15) is 19.3 Å². The van der Waals surface area contributed by atoms with E-state index in [0.29, 0.717) is 11.3 Å². The maximum absolute atomic E-state index is 13.8. The molecule has 2 aromatic rings. The first-order valence-electron chi connectivity index (χ1n) is 6.42. The molecule has 0 saturated carbocycles. The van der Waals surface area contributed by atoms with Crippen LogP contribution in [0.2, 0.25) is 5.02 Å². The second-order valence-electron chi connectivity index (χ2n) is 4.51. The lowest BCUT2D eigenvalue weighted by Crippen LogP contribution is -1.99. The molecule has 5 nitrogen and oxygen atoms in total. The number of allylic oxidation sites excluding steroid dienone is 1. The number of hydrogen-bond acceptors (Lipinski definition) is 4. The standard InChI is InChI=1S/C16H11ClFNO4/c1-23-12-4-5-13(15(18)9-12)16(20)7-2-10-8-11(19(21)22)3-6-14(10)17/h2-9H,1H3/b7-2+. The van der Waals surface area contributed by atoms with Crippen molar-refractivity contribution in [3.8, 4) is 5.75 Å². The zero-order chi connectivity index (χ0) is 17.0. The number of rotatable bonds is 5. The molecule has 0 aromatic heterocycles. The average molecular weight is 336 g/mol. The van der Waals surface area contributed by atoms with Crippen molar-refractivity contribution in [1.82, 2.24) is 0 Å². The van der Waals surface area contributed by atoms with Crippen molar-refractivity contribution in [2.45, 2.75) is 0 Å². The van der Waals surface area contributed by atoms with Gasteiger partial charge in [0.1, 0.15) is 11.6 Å². The van der Waals surface area contributed by atoms with Gasteiger partial charge in [-0.3, -0.25) is 14.9 Å². The molecule has 118 valence electrons. The van der Waals surface area contributed by atoms with Crippen LogP contribution in [0.1, 0.15) is 15.9 Å². The summed E-state index contributed by atoms with van der Waals surface area (Å²) in [5, 5.41) is 11.0.